The van der Waals surface area contributed by atoms with Crippen LogP contribution in [0.4, 0.5) is 0 Å². The van der Waals surface area contributed by atoms with Gasteiger partial charge in [0.05, 0.1) is 16.1 Å². The van der Waals surface area contributed by atoms with Crippen LogP contribution in [0.2, 0.25) is 0 Å². The zero-order valence-electron chi connectivity index (χ0n) is 13.0. The molecule has 1 amide bonds. The maximum Gasteiger partial charge on any atom is 0.265 e. The van der Waals surface area contributed by atoms with E-state index in [1.807, 2.05) is 0 Å². The summed E-state index contributed by atoms with van der Waals surface area (Å²) in [6, 6.07) is 6.58. The number of benzene rings is 1. The highest BCUT2D eigenvalue weighted by atomic mass is 79.9. The number of aromatic nitrogens is 1. The van der Waals surface area contributed by atoms with Crippen molar-refractivity contribution >= 4 is 43.2 Å². The summed E-state index contributed by atoms with van der Waals surface area (Å²) in [5, 5.41) is 0. The number of thiazole rings is 1. The van der Waals surface area contributed by atoms with Crippen molar-refractivity contribution in [2.24, 2.45) is 0 Å². The molecule has 0 radical (unpaired) electrons. The molecule has 6 nitrogen and oxygen atoms in total. The minimum absolute atomic E-state index is 0.0734. The first-order valence-electron chi connectivity index (χ1n) is 7.34. The number of carbonyl (C=O) groups is 1. The van der Waals surface area contributed by atoms with E-state index in [-0.39, 0.29) is 10.8 Å². The molecule has 0 unspecified atom stereocenters. The molecule has 0 bridgehead atoms. The summed E-state index contributed by atoms with van der Waals surface area (Å²) in [7, 11) is -3.53. The van der Waals surface area contributed by atoms with Crippen LogP contribution in [0.3, 0.4) is 0 Å². The summed E-state index contributed by atoms with van der Waals surface area (Å²) < 4.78 is 27.6. The van der Waals surface area contributed by atoms with Crippen molar-refractivity contribution in [1.82, 2.24) is 14.2 Å². The summed E-state index contributed by atoms with van der Waals surface area (Å²) >= 11 is 4.62. The predicted octanol–water partition coefficient (Wildman–Crippen LogP) is 2.36. The minimum atomic E-state index is -3.53. The van der Waals surface area contributed by atoms with E-state index >= 15 is 0 Å². The Morgan fingerprint density at radius 2 is 1.79 bits per heavy atom. The molecule has 2 heterocycles. The highest BCUT2D eigenvalue weighted by Gasteiger charge is 2.31. The van der Waals surface area contributed by atoms with Crippen molar-refractivity contribution in [1.29, 1.82) is 0 Å². The third kappa shape index (κ3) is 3.39. The average molecular weight is 430 g/mol. The lowest BCUT2D eigenvalue weighted by Crippen LogP contribution is -2.50. The number of amides is 1. The molecule has 3 rings (SSSR count). The number of piperazine rings is 1. The fraction of sp³-hybridized carbons (Fsp3) is 0.333. The van der Waals surface area contributed by atoms with Crippen LogP contribution in [0.5, 0.6) is 0 Å². The molecule has 0 saturated carbocycles. The number of nitrogens with zero attached hydrogens (tertiary/aromatic N) is 3. The van der Waals surface area contributed by atoms with E-state index in [0.717, 1.165) is 10.2 Å². The Morgan fingerprint density at radius 3 is 2.33 bits per heavy atom. The first-order chi connectivity index (χ1) is 11.4. The molecule has 0 spiro atoms. The molecule has 128 valence electrons. The summed E-state index contributed by atoms with van der Waals surface area (Å²) in [6.45, 7) is 3.15. The van der Waals surface area contributed by atoms with Crippen molar-refractivity contribution in [2.75, 3.05) is 26.2 Å². The summed E-state index contributed by atoms with van der Waals surface area (Å²) in [5.74, 6) is -0.0734. The quantitative estimate of drug-likeness (QED) is 0.750. The molecule has 9 heteroatoms. The van der Waals surface area contributed by atoms with Gasteiger partial charge in [0, 0.05) is 30.7 Å². The number of hydrogen-bond donors (Lipinski definition) is 0. The second kappa shape index (κ2) is 6.91. The van der Waals surface area contributed by atoms with Crippen LogP contribution in [-0.4, -0.2) is 54.7 Å². The van der Waals surface area contributed by atoms with Gasteiger partial charge in [-0.15, -0.1) is 11.3 Å². The standard InChI is InChI=1S/C15H16BrN3O3S2/c1-11-14(23-10-17-11)15(20)18-6-8-19(9-7-18)24(21,22)13-4-2-12(16)3-5-13/h2-5,10H,6-9H2,1H3. The van der Waals surface area contributed by atoms with E-state index in [0.29, 0.717) is 31.1 Å². The van der Waals surface area contributed by atoms with Gasteiger partial charge in [0.2, 0.25) is 10.0 Å². The van der Waals surface area contributed by atoms with Gasteiger partial charge in [0.1, 0.15) is 4.88 Å². The lowest BCUT2D eigenvalue weighted by molar-refractivity contribution is 0.0702. The van der Waals surface area contributed by atoms with Gasteiger partial charge >= 0.3 is 0 Å². The number of hydrogen-bond acceptors (Lipinski definition) is 5. The fourth-order valence-corrected chi connectivity index (χ4v) is 4.99. The fourth-order valence-electron chi connectivity index (χ4n) is 2.54. The van der Waals surface area contributed by atoms with Crippen LogP contribution in [0.15, 0.2) is 39.1 Å². The lowest BCUT2D eigenvalue weighted by Gasteiger charge is -2.33. The Hall–Kier alpha value is -1.29. The van der Waals surface area contributed by atoms with Crippen LogP contribution in [0.25, 0.3) is 0 Å². The molecule has 1 aromatic heterocycles. The van der Waals surface area contributed by atoms with E-state index in [2.05, 4.69) is 20.9 Å². The van der Waals surface area contributed by atoms with E-state index < -0.39 is 10.0 Å². The predicted molar refractivity (Wildman–Crippen MR) is 95.7 cm³/mol. The Morgan fingerprint density at radius 1 is 1.17 bits per heavy atom. The van der Waals surface area contributed by atoms with Crippen LogP contribution in [0.1, 0.15) is 15.4 Å². The van der Waals surface area contributed by atoms with E-state index in [1.165, 1.54) is 15.6 Å². The maximum absolute atomic E-state index is 12.7. The number of halogens is 1. The summed E-state index contributed by atoms with van der Waals surface area (Å²) in [4.78, 5) is 19.1. The number of aryl methyl sites for hydroxylation is 1. The smallest absolute Gasteiger partial charge is 0.265 e. The van der Waals surface area contributed by atoms with E-state index in [4.69, 9.17) is 0 Å². The second-order valence-electron chi connectivity index (χ2n) is 5.42. The Labute approximate surface area is 153 Å². The molecular weight excluding hydrogens is 414 g/mol. The second-order valence-corrected chi connectivity index (χ2v) is 9.13. The van der Waals surface area contributed by atoms with Crippen molar-refractivity contribution in [3.63, 3.8) is 0 Å². The zero-order chi connectivity index (χ0) is 17.3. The van der Waals surface area contributed by atoms with Gasteiger partial charge in [0.25, 0.3) is 5.91 Å². The molecule has 1 aromatic carbocycles. The Kier molecular flexibility index (Phi) is 5.05. The normalized spacial score (nSPS) is 16.3. The Balaban J connectivity index is 1.69. The van der Waals surface area contributed by atoms with Gasteiger partial charge < -0.3 is 4.90 Å². The lowest BCUT2D eigenvalue weighted by atomic mass is 10.3. The van der Waals surface area contributed by atoms with E-state index in [1.54, 1.807) is 41.6 Å². The minimum Gasteiger partial charge on any atom is -0.335 e. The molecule has 1 saturated heterocycles. The average Bonchev–Trinajstić information content (AvgIpc) is 3.01. The number of sulfonamides is 1. The van der Waals surface area contributed by atoms with Gasteiger partial charge in [-0.2, -0.15) is 4.31 Å². The molecule has 1 aliphatic heterocycles. The van der Waals surface area contributed by atoms with Crippen molar-refractivity contribution in [3.05, 3.63) is 44.8 Å². The third-order valence-electron chi connectivity index (χ3n) is 3.92. The highest BCUT2D eigenvalue weighted by Crippen LogP contribution is 2.21. The van der Waals surface area contributed by atoms with E-state index in [9.17, 15) is 13.2 Å². The zero-order valence-corrected chi connectivity index (χ0v) is 16.2. The molecule has 1 fully saturated rings. The number of carbonyl (C=O) groups excluding carboxylic acids is 1. The first kappa shape index (κ1) is 17.5. The molecule has 1 aliphatic rings. The monoisotopic (exact) mass is 429 g/mol. The molecule has 24 heavy (non-hydrogen) atoms. The molecule has 0 atom stereocenters. The van der Waals surface area contributed by atoms with Crippen molar-refractivity contribution < 1.29 is 13.2 Å². The van der Waals surface area contributed by atoms with Crippen molar-refractivity contribution in [3.8, 4) is 0 Å². The first-order valence-corrected chi connectivity index (χ1v) is 10.5. The highest BCUT2D eigenvalue weighted by molar-refractivity contribution is 9.10. The van der Waals surface area contributed by atoms with Gasteiger partial charge in [-0.3, -0.25) is 4.79 Å². The SMILES string of the molecule is Cc1ncsc1C(=O)N1CCN(S(=O)(=O)c2ccc(Br)cc2)CC1. The van der Waals surface area contributed by atoms with Gasteiger partial charge in [-0.05, 0) is 31.2 Å². The van der Waals surface area contributed by atoms with Crippen LogP contribution >= 0.6 is 27.3 Å². The topological polar surface area (TPSA) is 70.6 Å². The molecular formula is C15H16BrN3O3S2. The van der Waals surface area contributed by atoms with Crippen LogP contribution in [-0.2, 0) is 10.0 Å². The number of rotatable bonds is 3. The van der Waals surface area contributed by atoms with Crippen LogP contribution < -0.4 is 0 Å². The van der Waals surface area contributed by atoms with Gasteiger partial charge in [-0.25, -0.2) is 13.4 Å². The maximum atomic E-state index is 12.7. The van der Waals surface area contributed by atoms with Crippen molar-refractivity contribution in [2.45, 2.75) is 11.8 Å². The molecule has 0 aliphatic carbocycles. The van der Waals surface area contributed by atoms with Gasteiger partial charge in [-0.1, -0.05) is 15.9 Å². The largest absolute Gasteiger partial charge is 0.335 e. The molecule has 2 aromatic rings. The van der Waals surface area contributed by atoms with Crippen LogP contribution in [0, 0.1) is 6.92 Å². The summed E-state index contributed by atoms with van der Waals surface area (Å²) in [6.07, 6.45) is 0. The summed E-state index contributed by atoms with van der Waals surface area (Å²) in [5.41, 5.74) is 2.37. The third-order valence-corrected chi connectivity index (χ3v) is 7.28. The molecule has 0 N–H and O–H groups in total. The van der Waals surface area contributed by atoms with Gasteiger partial charge in [0.15, 0.2) is 0 Å². The Bertz CT molecular complexity index is 841.